The summed E-state index contributed by atoms with van der Waals surface area (Å²) in [6.45, 7) is 0.260. The van der Waals surface area contributed by atoms with E-state index in [-0.39, 0.29) is 25.2 Å². The molecule has 126 valence electrons. The molecule has 11 heteroatoms. The van der Waals surface area contributed by atoms with Crippen molar-refractivity contribution in [3.8, 4) is 0 Å². The van der Waals surface area contributed by atoms with Gasteiger partial charge >= 0.3 is 11.7 Å². The first-order valence-corrected chi connectivity index (χ1v) is 7.97. The SMILES string of the molecule is O=C(O)C1CCN(c2ccc(S(=O)(=O)C(F)F)cc2[N+](=O)[O-])C1. The Hall–Kier alpha value is -2.30. The van der Waals surface area contributed by atoms with Gasteiger partial charge in [-0.1, -0.05) is 0 Å². The first-order chi connectivity index (χ1) is 10.6. The third-order valence-corrected chi connectivity index (χ3v) is 4.96. The number of carboxylic acids is 1. The number of anilines is 1. The molecule has 1 aromatic carbocycles. The number of hydrogen-bond donors (Lipinski definition) is 1. The van der Waals surface area contributed by atoms with Crippen LogP contribution in [0.2, 0.25) is 0 Å². The van der Waals surface area contributed by atoms with Crippen LogP contribution in [0, 0.1) is 16.0 Å². The molecule has 0 aliphatic carbocycles. The number of rotatable bonds is 5. The summed E-state index contributed by atoms with van der Waals surface area (Å²) in [7, 11) is -4.95. The third kappa shape index (κ3) is 3.23. The molecule has 2 rings (SSSR count). The fourth-order valence-electron chi connectivity index (χ4n) is 2.38. The number of nitro groups is 1. The smallest absolute Gasteiger partial charge is 0.341 e. The van der Waals surface area contributed by atoms with Crippen LogP contribution in [0.3, 0.4) is 0 Å². The number of alkyl halides is 2. The van der Waals surface area contributed by atoms with Gasteiger partial charge in [-0.2, -0.15) is 8.78 Å². The number of halogens is 2. The van der Waals surface area contributed by atoms with Crippen LogP contribution in [0.15, 0.2) is 23.1 Å². The zero-order valence-electron chi connectivity index (χ0n) is 11.6. The lowest BCUT2D eigenvalue weighted by molar-refractivity contribution is -0.384. The van der Waals surface area contributed by atoms with Crippen molar-refractivity contribution in [3.05, 3.63) is 28.3 Å². The number of carbonyl (C=O) groups is 1. The fraction of sp³-hybridized carbons (Fsp3) is 0.417. The second-order valence-corrected chi connectivity index (χ2v) is 6.90. The fourth-order valence-corrected chi connectivity index (χ4v) is 3.12. The van der Waals surface area contributed by atoms with Crippen LogP contribution < -0.4 is 4.90 Å². The van der Waals surface area contributed by atoms with Gasteiger partial charge in [0.1, 0.15) is 5.69 Å². The summed E-state index contributed by atoms with van der Waals surface area (Å²) >= 11 is 0. The zero-order chi connectivity index (χ0) is 17.4. The number of sulfone groups is 1. The van der Waals surface area contributed by atoms with Gasteiger partial charge in [-0.05, 0) is 18.6 Å². The monoisotopic (exact) mass is 350 g/mol. The van der Waals surface area contributed by atoms with E-state index in [1.807, 2.05) is 0 Å². The van der Waals surface area contributed by atoms with E-state index in [1.54, 1.807) is 0 Å². The normalized spacial score (nSPS) is 18.4. The Balaban J connectivity index is 2.43. The van der Waals surface area contributed by atoms with Crippen molar-refractivity contribution in [2.45, 2.75) is 17.1 Å². The van der Waals surface area contributed by atoms with Crippen LogP contribution >= 0.6 is 0 Å². The van der Waals surface area contributed by atoms with E-state index in [2.05, 4.69) is 0 Å². The highest BCUT2D eigenvalue weighted by atomic mass is 32.2. The highest BCUT2D eigenvalue weighted by molar-refractivity contribution is 7.91. The molecule has 0 aromatic heterocycles. The number of benzene rings is 1. The van der Waals surface area contributed by atoms with E-state index in [0.29, 0.717) is 6.07 Å². The zero-order valence-corrected chi connectivity index (χ0v) is 12.4. The standard InChI is InChI=1S/C12H12F2N2O6S/c13-12(14)23(21,22)8-1-2-9(10(5-8)16(19)20)15-4-3-7(6-15)11(17)18/h1-2,5,7,12H,3-4,6H2,(H,17,18). The summed E-state index contributed by atoms with van der Waals surface area (Å²) < 4.78 is 47.9. The Kier molecular flexibility index (Phi) is 4.50. The first kappa shape index (κ1) is 17.1. The van der Waals surface area contributed by atoms with Gasteiger partial charge in [0.05, 0.1) is 15.7 Å². The van der Waals surface area contributed by atoms with E-state index >= 15 is 0 Å². The summed E-state index contributed by atoms with van der Waals surface area (Å²) in [4.78, 5) is 21.8. The molecule has 1 heterocycles. The van der Waals surface area contributed by atoms with Gasteiger partial charge in [0, 0.05) is 19.2 Å². The summed E-state index contributed by atoms with van der Waals surface area (Å²) in [5.41, 5.74) is -0.648. The predicted octanol–water partition coefficient (Wildman–Crippen LogP) is 1.50. The minimum absolute atomic E-state index is 0.00645. The van der Waals surface area contributed by atoms with Crippen LogP contribution in [0.25, 0.3) is 0 Å². The molecule has 0 spiro atoms. The molecule has 1 fully saturated rings. The maximum Gasteiger partial charge on any atom is 0.341 e. The van der Waals surface area contributed by atoms with Gasteiger partial charge in [0.25, 0.3) is 5.69 Å². The second kappa shape index (κ2) is 6.07. The summed E-state index contributed by atoms with van der Waals surface area (Å²) in [5, 5.41) is 20.1. The predicted molar refractivity (Wildman–Crippen MR) is 74.2 cm³/mol. The molecule has 1 N–H and O–H groups in total. The lowest BCUT2D eigenvalue weighted by Crippen LogP contribution is -2.23. The van der Waals surface area contributed by atoms with Crippen LogP contribution in [-0.4, -0.2) is 43.3 Å². The van der Waals surface area contributed by atoms with Gasteiger partial charge < -0.3 is 10.0 Å². The average Bonchev–Trinajstić information content (AvgIpc) is 2.96. The number of carboxylic acid groups (broad SMARTS) is 1. The lowest BCUT2D eigenvalue weighted by atomic mass is 10.1. The Bertz CT molecular complexity index is 752. The molecular formula is C12H12F2N2O6S. The first-order valence-electron chi connectivity index (χ1n) is 6.43. The molecule has 0 radical (unpaired) electrons. The topological polar surface area (TPSA) is 118 Å². The molecular weight excluding hydrogens is 338 g/mol. The van der Waals surface area contributed by atoms with Crippen molar-refractivity contribution in [3.63, 3.8) is 0 Å². The molecule has 0 saturated carbocycles. The van der Waals surface area contributed by atoms with Gasteiger partial charge in [0.15, 0.2) is 0 Å². The maximum absolute atomic E-state index is 12.5. The van der Waals surface area contributed by atoms with E-state index < -0.39 is 43.0 Å². The minimum Gasteiger partial charge on any atom is -0.481 e. The van der Waals surface area contributed by atoms with Crippen LogP contribution in [-0.2, 0) is 14.6 Å². The van der Waals surface area contributed by atoms with Gasteiger partial charge in [-0.25, -0.2) is 8.42 Å². The maximum atomic E-state index is 12.5. The average molecular weight is 350 g/mol. The van der Waals surface area contributed by atoms with Crippen molar-refractivity contribution in [2.75, 3.05) is 18.0 Å². The van der Waals surface area contributed by atoms with E-state index in [0.717, 1.165) is 12.1 Å². The molecule has 1 aliphatic rings. The Labute approximate surface area is 129 Å². The molecule has 23 heavy (non-hydrogen) atoms. The molecule has 1 atom stereocenters. The van der Waals surface area contributed by atoms with Crippen LogP contribution in [0.5, 0.6) is 0 Å². The molecule has 0 bridgehead atoms. The molecule has 8 nitrogen and oxygen atoms in total. The van der Waals surface area contributed by atoms with E-state index in [9.17, 15) is 32.1 Å². The van der Waals surface area contributed by atoms with E-state index in [4.69, 9.17) is 5.11 Å². The Morgan fingerprint density at radius 3 is 2.57 bits per heavy atom. The van der Waals surface area contributed by atoms with Crippen molar-refractivity contribution >= 4 is 27.2 Å². The van der Waals surface area contributed by atoms with Crippen molar-refractivity contribution in [1.29, 1.82) is 0 Å². The Morgan fingerprint density at radius 2 is 2.09 bits per heavy atom. The second-order valence-electron chi connectivity index (χ2n) is 4.98. The highest BCUT2D eigenvalue weighted by Gasteiger charge is 2.34. The van der Waals surface area contributed by atoms with Gasteiger partial charge in [-0.15, -0.1) is 0 Å². The van der Waals surface area contributed by atoms with Crippen molar-refractivity contribution < 1.29 is 32.0 Å². The van der Waals surface area contributed by atoms with Crippen molar-refractivity contribution in [2.24, 2.45) is 5.92 Å². The largest absolute Gasteiger partial charge is 0.481 e. The Morgan fingerprint density at radius 1 is 1.43 bits per heavy atom. The lowest BCUT2D eigenvalue weighted by Gasteiger charge is -2.18. The molecule has 0 amide bonds. The third-order valence-electron chi connectivity index (χ3n) is 3.58. The van der Waals surface area contributed by atoms with Crippen LogP contribution in [0.1, 0.15) is 6.42 Å². The van der Waals surface area contributed by atoms with Gasteiger partial charge in [-0.3, -0.25) is 14.9 Å². The summed E-state index contributed by atoms with van der Waals surface area (Å²) in [5.74, 6) is -5.41. The van der Waals surface area contributed by atoms with Crippen molar-refractivity contribution in [1.82, 2.24) is 0 Å². The highest BCUT2D eigenvalue weighted by Crippen LogP contribution is 2.35. The summed E-state index contributed by atoms with van der Waals surface area (Å²) in [6.07, 6.45) is 0.281. The molecule has 1 aliphatic heterocycles. The minimum atomic E-state index is -4.95. The number of nitrogens with zero attached hydrogens (tertiary/aromatic N) is 2. The number of aliphatic carboxylic acids is 1. The molecule has 1 unspecified atom stereocenters. The molecule has 1 saturated heterocycles. The molecule has 1 aromatic rings. The van der Waals surface area contributed by atoms with E-state index in [1.165, 1.54) is 4.90 Å². The van der Waals surface area contributed by atoms with Crippen LogP contribution in [0.4, 0.5) is 20.2 Å². The van der Waals surface area contributed by atoms with Gasteiger partial charge in [0.2, 0.25) is 9.84 Å². The number of nitro benzene ring substituents is 1. The summed E-state index contributed by atoms with van der Waals surface area (Å²) in [6, 6.07) is 2.49. The number of hydrogen-bond acceptors (Lipinski definition) is 6. The quantitative estimate of drug-likeness (QED) is 0.631.